The number of hydrogen-bond donors (Lipinski definition) is 0. The molecule has 21 heavy (non-hydrogen) atoms. The first-order valence-electron chi connectivity index (χ1n) is 6.44. The molecule has 1 aromatic carbocycles. The number of nitrogens with zero attached hydrogens (tertiary/aromatic N) is 1. The van der Waals surface area contributed by atoms with Gasteiger partial charge in [0, 0.05) is 12.1 Å². The molecule has 2 aromatic rings. The maximum absolute atomic E-state index is 12.7. The van der Waals surface area contributed by atoms with Crippen molar-refractivity contribution in [1.29, 1.82) is 0 Å². The first kappa shape index (κ1) is 15.8. The third-order valence-corrected chi connectivity index (χ3v) is 5.85. The van der Waals surface area contributed by atoms with E-state index in [1.807, 2.05) is 32.0 Å². The molecule has 0 saturated carbocycles. The van der Waals surface area contributed by atoms with Crippen LogP contribution < -0.4 is 4.73 Å². The fourth-order valence-corrected chi connectivity index (χ4v) is 3.97. The number of sulfone groups is 1. The van der Waals surface area contributed by atoms with E-state index in [4.69, 9.17) is 11.6 Å². The lowest BCUT2D eigenvalue weighted by molar-refractivity contribution is -0.644. The van der Waals surface area contributed by atoms with Gasteiger partial charge in [-0.3, -0.25) is 0 Å². The fraction of sp³-hybridized carbons (Fsp3) is 0.267. The van der Waals surface area contributed by atoms with Gasteiger partial charge in [-0.2, -0.15) is 0 Å². The average molecular weight is 326 g/mol. The zero-order valence-electron chi connectivity index (χ0n) is 12.0. The quantitative estimate of drug-likeness (QED) is 0.495. The Bertz CT molecular complexity index is 788. The Morgan fingerprint density at radius 3 is 2.52 bits per heavy atom. The van der Waals surface area contributed by atoms with Crippen molar-refractivity contribution in [2.75, 3.05) is 0 Å². The van der Waals surface area contributed by atoms with Crippen molar-refractivity contribution < 1.29 is 13.1 Å². The molecule has 6 heteroatoms. The standard InChI is InChI=1S/C15H16ClNO3S/c1-10-7-8-11(2)13(9-10)12(3)21(19,20)15-6-4-5-14(16)17(15)18/h4-9,12H,1-3H3. The highest BCUT2D eigenvalue weighted by Crippen LogP contribution is 2.30. The summed E-state index contributed by atoms with van der Waals surface area (Å²) in [5.74, 6) is 0. The van der Waals surface area contributed by atoms with E-state index in [9.17, 15) is 13.6 Å². The van der Waals surface area contributed by atoms with Crippen LogP contribution in [0.15, 0.2) is 41.4 Å². The second kappa shape index (κ2) is 5.66. The number of hydrogen-bond acceptors (Lipinski definition) is 3. The summed E-state index contributed by atoms with van der Waals surface area (Å²) >= 11 is 5.71. The molecule has 0 N–H and O–H groups in total. The van der Waals surface area contributed by atoms with E-state index in [1.165, 1.54) is 18.2 Å². The van der Waals surface area contributed by atoms with E-state index in [0.29, 0.717) is 5.56 Å². The zero-order valence-corrected chi connectivity index (χ0v) is 13.6. The second-order valence-electron chi connectivity index (χ2n) is 5.03. The number of aryl methyl sites for hydroxylation is 2. The van der Waals surface area contributed by atoms with Crippen LogP contribution in [-0.2, 0) is 9.84 Å². The summed E-state index contributed by atoms with van der Waals surface area (Å²) in [5.41, 5.74) is 2.53. The number of halogens is 1. The molecular formula is C15H16ClNO3S. The second-order valence-corrected chi connectivity index (χ2v) is 7.63. The lowest BCUT2D eigenvalue weighted by Crippen LogP contribution is -2.36. The van der Waals surface area contributed by atoms with Crippen LogP contribution in [0, 0.1) is 19.1 Å². The molecule has 0 saturated heterocycles. The molecule has 0 spiro atoms. The van der Waals surface area contributed by atoms with Gasteiger partial charge >= 0.3 is 5.03 Å². The van der Waals surface area contributed by atoms with Crippen molar-refractivity contribution >= 4 is 21.4 Å². The van der Waals surface area contributed by atoms with Crippen molar-refractivity contribution in [3.63, 3.8) is 0 Å². The van der Waals surface area contributed by atoms with Crippen molar-refractivity contribution in [3.8, 4) is 0 Å². The summed E-state index contributed by atoms with van der Waals surface area (Å²) < 4.78 is 25.6. The molecule has 0 radical (unpaired) electrons. The van der Waals surface area contributed by atoms with E-state index in [2.05, 4.69) is 0 Å². The van der Waals surface area contributed by atoms with E-state index >= 15 is 0 Å². The maximum atomic E-state index is 12.7. The minimum absolute atomic E-state index is 0.163. The number of benzene rings is 1. The molecule has 0 aliphatic carbocycles. The average Bonchev–Trinajstić information content (AvgIpc) is 2.43. The summed E-state index contributed by atoms with van der Waals surface area (Å²) in [4.78, 5) is 0. The van der Waals surface area contributed by atoms with Crippen molar-refractivity contribution in [2.45, 2.75) is 31.0 Å². The van der Waals surface area contributed by atoms with E-state index in [0.717, 1.165) is 11.1 Å². The van der Waals surface area contributed by atoms with Crippen LogP contribution in [0.3, 0.4) is 0 Å². The minimum atomic E-state index is -3.82. The van der Waals surface area contributed by atoms with E-state index < -0.39 is 15.1 Å². The Morgan fingerprint density at radius 1 is 1.19 bits per heavy atom. The van der Waals surface area contributed by atoms with Gasteiger partial charge in [-0.05, 0) is 49.6 Å². The number of rotatable bonds is 3. The van der Waals surface area contributed by atoms with Gasteiger partial charge in [0.2, 0.25) is 9.84 Å². The molecule has 0 fully saturated rings. The predicted octanol–water partition coefficient (Wildman–Crippen LogP) is 3.13. The van der Waals surface area contributed by atoms with Crippen LogP contribution in [0.2, 0.25) is 5.15 Å². The molecule has 1 unspecified atom stereocenters. The molecule has 0 aliphatic rings. The lowest BCUT2D eigenvalue weighted by atomic mass is 10.0. The van der Waals surface area contributed by atoms with E-state index in [1.54, 1.807) is 6.92 Å². The normalized spacial score (nSPS) is 13.1. The maximum Gasteiger partial charge on any atom is 0.310 e. The Balaban J connectivity index is 2.58. The third-order valence-electron chi connectivity index (χ3n) is 3.50. The van der Waals surface area contributed by atoms with Crippen LogP contribution in [0.5, 0.6) is 0 Å². The highest BCUT2D eigenvalue weighted by atomic mass is 35.5. The summed E-state index contributed by atoms with van der Waals surface area (Å²) in [6, 6.07) is 9.72. The fourth-order valence-electron chi connectivity index (χ4n) is 2.21. The molecule has 1 heterocycles. The monoisotopic (exact) mass is 325 g/mol. The molecule has 0 amide bonds. The molecule has 0 aliphatic heterocycles. The van der Waals surface area contributed by atoms with Crippen LogP contribution in [0.4, 0.5) is 0 Å². The summed E-state index contributed by atoms with van der Waals surface area (Å²) in [6.07, 6.45) is 0. The van der Waals surface area contributed by atoms with Gasteiger partial charge in [-0.25, -0.2) is 8.42 Å². The summed E-state index contributed by atoms with van der Waals surface area (Å²) in [7, 11) is -3.82. The van der Waals surface area contributed by atoms with E-state index in [-0.39, 0.29) is 14.9 Å². The smallest absolute Gasteiger partial charge is 0.310 e. The van der Waals surface area contributed by atoms with Gasteiger partial charge in [-0.1, -0.05) is 23.8 Å². The van der Waals surface area contributed by atoms with Crippen molar-refractivity contribution in [3.05, 3.63) is 63.4 Å². The van der Waals surface area contributed by atoms with Gasteiger partial charge in [0.15, 0.2) is 0 Å². The summed E-state index contributed by atoms with van der Waals surface area (Å²) in [5, 5.41) is 10.6. The van der Waals surface area contributed by atoms with Crippen LogP contribution in [-0.4, -0.2) is 8.42 Å². The Kier molecular flexibility index (Phi) is 4.25. The van der Waals surface area contributed by atoms with Gasteiger partial charge in [-0.15, -0.1) is 4.73 Å². The SMILES string of the molecule is Cc1ccc(C)c(C(C)S(=O)(=O)c2cccc(Cl)[n+]2[O-])c1. The van der Waals surface area contributed by atoms with Gasteiger partial charge in [0.1, 0.15) is 0 Å². The van der Waals surface area contributed by atoms with Crippen LogP contribution in [0.25, 0.3) is 0 Å². The molecule has 0 bridgehead atoms. The number of pyridine rings is 1. The Hall–Kier alpha value is -1.59. The zero-order chi connectivity index (χ0) is 15.8. The molecule has 1 aromatic heterocycles. The third kappa shape index (κ3) is 2.89. The molecule has 2 rings (SSSR count). The highest BCUT2D eigenvalue weighted by Gasteiger charge is 2.33. The first-order chi connectivity index (χ1) is 9.75. The van der Waals surface area contributed by atoms with Gasteiger partial charge in [0.25, 0.3) is 5.15 Å². The molecular weight excluding hydrogens is 310 g/mol. The summed E-state index contributed by atoms with van der Waals surface area (Å²) in [6.45, 7) is 5.33. The minimum Gasteiger partial charge on any atom is -0.617 e. The predicted molar refractivity (Wildman–Crippen MR) is 81.9 cm³/mol. The Labute approximate surface area is 129 Å². The number of aromatic nitrogens is 1. The first-order valence-corrected chi connectivity index (χ1v) is 8.36. The van der Waals surface area contributed by atoms with Crippen LogP contribution in [0.1, 0.15) is 28.9 Å². The molecule has 1 atom stereocenters. The molecule has 4 nitrogen and oxygen atoms in total. The van der Waals surface area contributed by atoms with Gasteiger partial charge < -0.3 is 5.21 Å². The van der Waals surface area contributed by atoms with Gasteiger partial charge in [0.05, 0.1) is 5.25 Å². The largest absolute Gasteiger partial charge is 0.617 e. The topological polar surface area (TPSA) is 61.1 Å². The van der Waals surface area contributed by atoms with Crippen LogP contribution >= 0.6 is 11.6 Å². The van der Waals surface area contributed by atoms with Crippen molar-refractivity contribution in [1.82, 2.24) is 0 Å². The Morgan fingerprint density at radius 2 is 1.86 bits per heavy atom. The molecule has 112 valence electrons. The van der Waals surface area contributed by atoms with Crippen molar-refractivity contribution in [2.24, 2.45) is 0 Å². The highest BCUT2D eigenvalue weighted by molar-refractivity contribution is 7.91. The lowest BCUT2D eigenvalue weighted by Gasteiger charge is -2.16.